The van der Waals surface area contributed by atoms with Crippen LogP contribution in [-0.2, 0) is 11.2 Å². The average Bonchev–Trinajstić information content (AvgIpc) is 2.87. The lowest BCUT2D eigenvalue weighted by Gasteiger charge is -2.31. The number of hydrogen-bond donors (Lipinski definition) is 1. The summed E-state index contributed by atoms with van der Waals surface area (Å²) in [6.45, 7) is 5.03. The zero-order valence-electron chi connectivity index (χ0n) is 18.8. The number of nitrogens with one attached hydrogen (secondary N) is 1. The summed E-state index contributed by atoms with van der Waals surface area (Å²) in [5.41, 5.74) is 3.14. The highest BCUT2D eigenvalue weighted by atomic mass is 19.1. The molecule has 0 unspecified atom stereocenters. The molecule has 8 nitrogen and oxygen atoms in total. The van der Waals surface area contributed by atoms with E-state index in [1.54, 1.807) is 12.4 Å². The number of anilines is 2. The van der Waals surface area contributed by atoms with E-state index in [0.717, 1.165) is 74.5 Å². The number of rotatable bonds is 6. The van der Waals surface area contributed by atoms with Gasteiger partial charge in [-0.1, -0.05) is 6.92 Å². The van der Waals surface area contributed by atoms with Crippen LogP contribution in [0, 0.1) is 5.82 Å². The number of nitrogens with zero attached hydrogens (tertiary/aromatic N) is 5. The molecule has 5 rings (SSSR count). The highest BCUT2D eigenvalue weighted by Crippen LogP contribution is 2.33. The monoisotopic (exact) mass is 452 g/mol. The number of halogens is 1. The van der Waals surface area contributed by atoms with Gasteiger partial charge in [-0.25, -0.2) is 19.3 Å². The van der Waals surface area contributed by atoms with Crippen LogP contribution in [0.3, 0.4) is 0 Å². The third-order valence-electron chi connectivity index (χ3n) is 6.40. The second-order valence-electron chi connectivity index (χ2n) is 8.54. The van der Waals surface area contributed by atoms with Crippen molar-refractivity contribution >= 4 is 22.5 Å². The predicted molar refractivity (Wildman–Crippen MR) is 124 cm³/mol. The maximum Gasteiger partial charge on any atom is 0.186 e. The summed E-state index contributed by atoms with van der Waals surface area (Å²) < 4.78 is 26.5. The Hall–Kier alpha value is -3.07. The van der Waals surface area contributed by atoms with Gasteiger partial charge in [0, 0.05) is 43.3 Å². The van der Waals surface area contributed by atoms with Crippen LogP contribution >= 0.6 is 0 Å². The number of aromatic nitrogens is 4. The summed E-state index contributed by atoms with van der Waals surface area (Å²) in [4.78, 5) is 19.4. The van der Waals surface area contributed by atoms with Gasteiger partial charge in [-0.2, -0.15) is 0 Å². The van der Waals surface area contributed by atoms with Gasteiger partial charge in [0.15, 0.2) is 11.6 Å². The Labute approximate surface area is 192 Å². The molecule has 2 aliphatic rings. The zero-order chi connectivity index (χ0) is 22.6. The predicted octanol–water partition coefficient (Wildman–Crippen LogP) is 3.76. The van der Waals surface area contributed by atoms with Crippen LogP contribution in [0.25, 0.3) is 11.0 Å². The SMILES string of the molecule is CCc1ncnc(NC2CCC(Oc3cc(N4CCOCC4)cc4nccnc34)CC2)c1F. The first-order valence-electron chi connectivity index (χ1n) is 11.7. The van der Waals surface area contributed by atoms with E-state index in [1.165, 1.54) is 6.33 Å². The number of benzene rings is 1. The lowest BCUT2D eigenvalue weighted by molar-refractivity contribution is 0.122. The summed E-state index contributed by atoms with van der Waals surface area (Å²) in [5.74, 6) is 0.724. The van der Waals surface area contributed by atoms with Gasteiger partial charge in [0.05, 0.1) is 30.5 Å². The lowest BCUT2D eigenvalue weighted by Crippen LogP contribution is -2.36. The fraction of sp³-hybridized carbons (Fsp3) is 0.500. The molecule has 3 aromatic rings. The smallest absolute Gasteiger partial charge is 0.186 e. The Morgan fingerprint density at radius 3 is 2.64 bits per heavy atom. The highest BCUT2D eigenvalue weighted by Gasteiger charge is 2.25. The normalized spacial score (nSPS) is 21.2. The van der Waals surface area contributed by atoms with Crippen LogP contribution in [0.1, 0.15) is 38.3 Å². The van der Waals surface area contributed by atoms with Crippen molar-refractivity contribution in [3.05, 3.63) is 42.4 Å². The van der Waals surface area contributed by atoms with Crippen molar-refractivity contribution in [1.29, 1.82) is 0 Å². The minimum Gasteiger partial charge on any atom is -0.488 e. The summed E-state index contributed by atoms with van der Waals surface area (Å²) in [6.07, 6.45) is 8.95. The molecule has 0 spiro atoms. The van der Waals surface area contributed by atoms with E-state index in [1.807, 2.05) is 6.92 Å². The molecule has 1 aliphatic heterocycles. The second kappa shape index (κ2) is 9.82. The van der Waals surface area contributed by atoms with Crippen molar-refractivity contribution in [3.8, 4) is 5.75 Å². The van der Waals surface area contributed by atoms with Gasteiger partial charge in [0.2, 0.25) is 0 Å². The number of morpholine rings is 1. The van der Waals surface area contributed by atoms with Gasteiger partial charge in [-0.3, -0.25) is 4.98 Å². The Balaban J connectivity index is 1.27. The first-order chi connectivity index (χ1) is 16.2. The summed E-state index contributed by atoms with van der Waals surface area (Å²) in [7, 11) is 0. The number of aryl methyl sites for hydroxylation is 1. The van der Waals surface area contributed by atoms with Gasteiger partial charge in [0.25, 0.3) is 0 Å². The molecule has 1 N–H and O–H groups in total. The quantitative estimate of drug-likeness (QED) is 0.605. The second-order valence-corrected chi connectivity index (χ2v) is 8.54. The molecule has 0 atom stereocenters. The fourth-order valence-corrected chi connectivity index (χ4v) is 4.57. The maximum absolute atomic E-state index is 14.5. The van der Waals surface area contributed by atoms with Gasteiger partial charge < -0.3 is 19.7 Å². The van der Waals surface area contributed by atoms with E-state index < -0.39 is 0 Å². The summed E-state index contributed by atoms with van der Waals surface area (Å²) in [5, 5.41) is 3.27. The van der Waals surface area contributed by atoms with Gasteiger partial charge >= 0.3 is 0 Å². The third-order valence-corrected chi connectivity index (χ3v) is 6.40. The largest absolute Gasteiger partial charge is 0.488 e. The van der Waals surface area contributed by atoms with E-state index >= 15 is 0 Å². The van der Waals surface area contributed by atoms with Crippen molar-refractivity contribution in [3.63, 3.8) is 0 Å². The minimum absolute atomic E-state index is 0.0784. The van der Waals surface area contributed by atoms with Gasteiger partial charge in [-0.05, 0) is 38.2 Å². The lowest BCUT2D eigenvalue weighted by atomic mass is 9.93. The molecule has 1 aliphatic carbocycles. The maximum atomic E-state index is 14.5. The van der Waals surface area contributed by atoms with E-state index in [0.29, 0.717) is 17.9 Å². The number of fused-ring (bicyclic) bond motifs is 1. The highest BCUT2D eigenvalue weighted by molar-refractivity contribution is 5.85. The first kappa shape index (κ1) is 21.8. The zero-order valence-corrected chi connectivity index (χ0v) is 18.8. The Bertz CT molecular complexity index is 1100. The average molecular weight is 453 g/mol. The molecule has 0 amide bonds. The molecule has 2 fully saturated rings. The van der Waals surface area contributed by atoms with E-state index in [2.05, 4.69) is 42.3 Å². The molecule has 33 heavy (non-hydrogen) atoms. The molecule has 1 saturated heterocycles. The first-order valence-corrected chi connectivity index (χ1v) is 11.7. The number of ether oxygens (including phenoxy) is 2. The fourth-order valence-electron chi connectivity index (χ4n) is 4.57. The van der Waals surface area contributed by atoms with Crippen LogP contribution in [0.15, 0.2) is 30.9 Å². The molecule has 1 saturated carbocycles. The van der Waals surface area contributed by atoms with Gasteiger partial charge in [-0.15, -0.1) is 0 Å². The molecule has 1 aromatic carbocycles. The Morgan fingerprint density at radius 2 is 1.85 bits per heavy atom. The molecule has 3 heterocycles. The molecule has 174 valence electrons. The van der Waals surface area contributed by atoms with Crippen LogP contribution < -0.4 is 15.0 Å². The molecular formula is C24H29FN6O2. The molecular weight excluding hydrogens is 423 g/mol. The number of hydrogen-bond acceptors (Lipinski definition) is 8. The molecule has 9 heteroatoms. The minimum atomic E-state index is -0.344. The van der Waals surface area contributed by atoms with E-state index in [-0.39, 0.29) is 18.0 Å². The van der Waals surface area contributed by atoms with Crippen molar-refractivity contribution in [2.24, 2.45) is 0 Å². The Kier molecular flexibility index (Phi) is 6.48. The van der Waals surface area contributed by atoms with Crippen molar-refractivity contribution in [2.75, 3.05) is 36.5 Å². The van der Waals surface area contributed by atoms with Crippen molar-refractivity contribution < 1.29 is 13.9 Å². The third kappa shape index (κ3) is 4.83. The Morgan fingerprint density at radius 1 is 1.06 bits per heavy atom. The van der Waals surface area contributed by atoms with Crippen LogP contribution in [-0.4, -0.2) is 58.4 Å². The van der Waals surface area contributed by atoms with E-state index in [4.69, 9.17) is 9.47 Å². The topological polar surface area (TPSA) is 85.3 Å². The van der Waals surface area contributed by atoms with Gasteiger partial charge in [0.1, 0.15) is 17.6 Å². The van der Waals surface area contributed by atoms with Crippen molar-refractivity contribution in [2.45, 2.75) is 51.2 Å². The van der Waals surface area contributed by atoms with Crippen LogP contribution in [0.4, 0.5) is 15.9 Å². The van der Waals surface area contributed by atoms with Crippen molar-refractivity contribution in [1.82, 2.24) is 19.9 Å². The summed E-state index contributed by atoms with van der Waals surface area (Å²) in [6, 6.07) is 4.31. The van der Waals surface area contributed by atoms with Crippen LogP contribution in [0.5, 0.6) is 5.75 Å². The standard InChI is InChI=1S/C24H29FN6O2/c1-2-19-22(25)24(29-15-28-19)30-16-3-5-18(6-4-16)33-21-14-17(31-9-11-32-12-10-31)13-20-23(21)27-8-7-26-20/h7-8,13-16,18H,2-6,9-12H2,1H3,(H,28,29,30). The molecule has 2 aromatic heterocycles. The molecule has 0 radical (unpaired) electrons. The van der Waals surface area contributed by atoms with Crippen LogP contribution in [0.2, 0.25) is 0 Å². The van der Waals surface area contributed by atoms with E-state index in [9.17, 15) is 4.39 Å². The summed E-state index contributed by atoms with van der Waals surface area (Å²) >= 11 is 0. The molecule has 0 bridgehead atoms.